The number of aliphatic hydroxyl groups excluding tert-OH is 2. The monoisotopic (exact) mass is 384 g/mol. The number of aliphatic hydroxyl groups is 2. The Morgan fingerprint density at radius 1 is 0.786 bits per heavy atom. The molecule has 0 radical (unpaired) electrons. The van der Waals surface area contributed by atoms with Gasteiger partial charge in [0.05, 0.1) is 25.9 Å². The molecule has 0 aromatic heterocycles. The summed E-state index contributed by atoms with van der Waals surface area (Å²) in [6.07, 6.45) is -0.489. The third kappa shape index (κ3) is 6.40. The van der Waals surface area contributed by atoms with Crippen LogP contribution in [0.1, 0.15) is 17.0 Å². The molecule has 5 heteroatoms. The third-order valence-corrected chi connectivity index (χ3v) is 5.35. The first-order valence-corrected chi connectivity index (χ1v) is 10.2. The van der Waals surface area contributed by atoms with Crippen molar-refractivity contribution in [2.45, 2.75) is 12.0 Å². The summed E-state index contributed by atoms with van der Waals surface area (Å²) in [5, 5.41) is 19.4. The molecule has 5 nitrogen and oxygen atoms in total. The van der Waals surface area contributed by atoms with E-state index in [1.165, 1.54) is 11.1 Å². The Labute approximate surface area is 168 Å². The summed E-state index contributed by atoms with van der Waals surface area (Å²) >= 11 is 0. The number of β-amino-alcohol motifs (C(OH)–C–C–N with tert-alkyl or cyclic N) is 2. The van der Waals surface area contributed by atoms with Gasteiger partial charge in [-0.05, 0) is 11.1 Å². The first kappa shape index (κ1) is 21.0. The molecule has 2 aromatic carbocycles. The summed E-state index contributed by atoms with van der Waals surface area (Å²) in [5.41, 5.74) is 2.45. The zero-order valence-corrected chi connectivity index (χ0v) is 16.5. The van der Waals surface area contributed by atoms with Gasteiger partial charge < -0.3 is 14.9 Å². The van der Waals surface area contributed by atoms with Gasteiger partial charge >= 0.3 is 0 Å². The van der Waals surface area contributed by atoms with Gasteiger partial charge in [-0.2, -0.15) is 0 Å². The summed E-state index contributed by atoms with van der Waals surface area (Å²) in [6, 6.07) is 20.8. The molecule has 28 heavy (non-hydrogen) atoms. The van der Waals surface area contributed by atoms with Crippen molar-refractivity contribution in [2.24, 2.45) is 0 Å². The van der Waals surface area contributed by atoms with Crippen molar-refractivity contribution in [1.29, 1.82) is 0 Å². The van der Waals surface area contributed by atoms with Crippen molar-refractivity contribution in [2.75, 3.05) is 59.1 Å². The zero-order valence-electron chi connectivity index (χ0n) is 16.5. The van der Waals surface area contributed by atoms with Gasteiger partial charge in [0.15, 0.2) is 0 Å². The quantitative estimate of drug-likeness (QED) is 0.654. The maximum Gasteiger partial charge on any atom is 0.0900 e. The van der Waals surface area contributed by atoms with E-state index in [0.717, 1.165) is 32.7 Å². The molecular formula is C23H32N2O3. The van der Waals surface area contributed by atoms with E-state index >= 15 is 0 Å². The molecule has 3 rings (SSSR count). The van der Waals surface area contributed by atoms with Crippen molar-refractivity contribution in [3.8, 4) is 0 Å². The maximum absolute atomic E-state index is 10.4. The Bertz CT molecular complexity index is 621. The Kier molecular flexibility index (Phi) is 8.45. The van der Waals surface area contributed by atoms with E-state index in [-0.39, 0.29) is 12.5 Å². The highest BCUT2D eigenvalue weighted by Gasteiger charge is 2.20. The Balaban J connectivity index is 1.46. The molecule has 1 aliphatic rings. The minimum Gasteiger partial charge on any atom is -0.395 e. The van der Waals surface area contributed by atoms with E-state index in [0.29, 0.717) is 19.8 Å². The predicted molar refractivity (Wildman–Crippen MR) is 112 cm³/mol. The van der Waals surface area contributed by atoms with Crippen LogP contribution >= 0.6 is 0 Å². The fourth-order valence-electron chi connectivity index (χ4n) is 3.77. The van der Waals surface area contributed by atoms with E-state index in [1.807, 2.05) is 12.1 Å². The largest absolute Gasteiger partial charge is 0.395 e. The molecule has 1 atom stereocenters. The molecule has 0 bridgehead atoms. The van der Waals surface area contributed by atoms with Crippen LogP contribution in [0.3, 0.4) is 0 Å². The van der Waals surface area contributed by atoms with Gasteiger partial charge in [0.1, 0.15) is 0 Å². The molecule has 0 amide bonds. The van der Waals surface area contributed by atoms with Crippen LogP contribution in [0.5, 0.6) is 0 Å². The lowest BCUT2D eigenvalue weighted by Gasteiger charge is -2.35. The van der Waals surface area contributed by atoms with E-state index in [9.17, 15) is 5.11 Å². The average molecular weight is 385 g/mol. The zero-order chi connectivity index (χ0) is 19.6. The van der Waals surface area contributed by atoms with Crippen LogP contribution in [0.4, 0.5) is 0 Å². The molecular weight excluding hydrogens is 352 g/mol. The molecule has 0 saturated carbocycles. The standard InChI is InChI=1S/C23H32N2O3/c26-16-15-24-11-13-25(14-12-24)17-22(27)18-28-19-23(20-7-3-1-4-8-20)21-9-5-2-6-10-21/h1-10,22-23,26-27H,11-19H2/t22-/m0/s1. The molecule has 0 aliphatic carbocycles. The second-order valence-corrected chi connectivity index (χ2v) is 7.43. The van der Waals surface area contributed by atoms with Crippen LogP contribution in [0, 0.1) is 0 Å². The van der Waals surface area contributed by atoms with Crippen molar-refractivity contribution >= 4 is 0 Å². The molecule has 1 heterocycles. The fraction of sp³-hybridized carbons (Fsp3) is 0.478. The summed E-state index contributed by atoms with van der Waals surface area (Å²) in [6.45, 7) is 6.20. The van der Waals surface area contributed by atoms with Crippen molar-refractivity contribution in [3.63, 3.8) is 0 Å². The Hall–Kier alpha value is -1.76. The van der Waals surface area contributed by atoms with Gasteiger partial charge in [0.2, 0.25) is 0 Å². The topological polar surface area (TPSA) is 56.2 Å². The first-order valence-electron chi connectivity index (χ1n) is 10.2. The highest BCUT2D eigenvalue weighted by molar-refractivity contribution is 5.32. The number of hydrogen-bond acceptors (Lipinski definition) is 5. The van der Waals surface area contributed by atoms with Crippen LogP contribution in [-0.2, 0) is 4.74 Å². The first-order chi connectivity index (χ1) is 13.8. The number of rotatable bonds is 10. The van der Waals surface area contributed by atoms with Crippen LogP contribution < -0.4 is 0 Å². The lowest BCUT2D eigenvalue weighted by Crippen LogP contribution is -2.49. The van der Waals surface area contributed by atoms with E-state index < -0.39 is 6.10 Å². The Morgan fingerprint density at radius 2 is 1.32 bits per heavy atom. The summed E-state index contributed by atoms with van der Waals surface area (Å²) in [5.74, 6) is 0.164. The van der Waals surface area contributed by atoms with Crippen molar-refractivity contribution in [1.82, 2.24) is 9.80 Å². The lowest BCUT2D eigenvalue weighted by molar-refractivity contribution is 0.00429. The number of nitrogens with zero attached hydrogens (tertiary/aromatic N) is 2. The molecule has 0 spiro atoms. The highest BCUT2D eigenvalue weighted by Crippen LogP contribution is 2.24. The average Bonchev–Trinajstić information content (AvgIpc) is 2.74. The van der Waals surface area contributed by atoms with Crippen LogP contribution in [0.15, 0.2) is 60.7 Å². The molecule has 1 fully saturated rings. The van der Waals surface area contributed by atoms with Gasteiger partial charge in [-0.3, -0.25) is 9.80 Å². The van der Waals surface area contributed by atoms with Crippen LogP contribution in [0.25, 0.3) is 0 Å². The fourth-order valence-corrected chi connectivity index (χ4v) is 3.77. The SMILES string of the molecule is OCCN1CCN(C[C@H](O)COCC(c2ccccc2)c2ccccc2)CC1. The third-order valence-electron chi connectivity index (χ3n) is 5.35. The normalized spacial score (nSPS) is 17.1. The predicted octanol–water partition coefficient (Wildman–Crippen LogP) is 1.81. The number of ether oxygens (including phenoxy) is 1. The van der Waals surface area contributed by atoms with Crippen molar-refractivity contribution < 1.29 is 14.9 Å². The van der Waals surface area contributed by atoms with Gasteiger partial charge in [0.25, 0.3) is 0 Å². The van der Waals surface area contributed by atoms with E-state index in [2.05, 4.69) is 58.3 Å². The van der Waals surface area contributed by atoms with Crippen LogP contribution in [0.2, 0.25) is 0 Å². The maximum atomic E-state index is 10.4. The Morgan fingerprint density at radius 3 is 1.86 bits per heavy atom. The lowest BCUT2D eigenvalue weighted by atomic mass is 9.92. The van der Waals surface area contributed by atoms with Crippen LogP contribution in [-0.4, -0.2) is 85.2 Å². The smallest absolute Gasteiger partial charge is 0.0900 e. The van der Waals surface area contributed by atoms with E-state index in [4.69, 9.17) is 9.84 Å². The second-order valence-electron chi connectivity index (χ2n) is 7.43. The molecule has 0 unspecified atom stereocenters. The van der Waals surface area contributed by atoms with Crippen molar-refractivity contribution in [3.05, 3.63) is 71.8 Å². The van der Waals surface area contributed by atoms with E-state index in [1.54, 1.807) is 0 Å². The number of benzene rings is 2. The van der Waals surface area contributed by atoms with Gasteiger partial charge in [-0.1, -0.05) is 60.7 Å². The minimum atomic E-state index is -0.489. The molecule has 2 N–H and O–H groups in total. The molecule has 152 valence electrons. The van der Waals surface area contributed by atoms with Gasteiger partial charge in [-0.25, -0.2) is 0 Å². The summed E-state index contributed by atoms with van der Waals surface area (Å²) in [4.78, 5) is 4.53. The highest BCUT2D eigenvalue weighted by atomic mass is 16.5. The second kappa shape index (κ2) is 11.3. The van der Waals surface area contributed by atoms with Gasteiger partial charge in [0, 0.05) is 45.2 Å². The number of hydrogen-bond donors (Lipinski definition) is 2. The molecule has 2 aromatic rings. The summed E-state index contributed by atoms with van der Waals surface area (Å²) in [7, 11) is 0. The molecule has 1 saturated heterocycles. The minimum absolute atomic E-state index is 0.164. The summed E-state index contributed by atoms with van der Waals surface area (Å²) < 4.78 is 5.95. The van der Waals surface area contributed by atoms with Gasteiger partial charge in [-0.15, -0.1) is 0 Å². The molecule has 1 aliphatic heterocycles. The number of piperazine rings is 1.